The van der Waals surface area contributed by atoms with Crippen LogP contribution in [0, 0.1) is 5.92 Å². The van der Waals surface area contributed by atoms with Gasteiger partial charge in [-0.2, -0.15) is 0 Å². The maximum absolute atomic E-state index is 12.2. The number of aliphatic hydroxyl groups excluding tert-OH is 1. The Hall–Kier alpha value is -2.01. The first-order valence-electron chi connectivity index (χ1n) is 7.39. The SMILES string of the molecule is CCC(CC)C(O)CNC(=O)c1c[nH]c2cc(N)ccc12. The summed E-state index contributed by atoms with van der Waals surface area (Å²) in [6, 6.07) is 5.39. The van der Waals surface area contributed by atoms with E-state index in [2.05, 4.69) is 10.3 Å². The number of nitrogens with one attached hydrogen (secondary N) is 2. The first kappa shape index (κ1) is 15.4. The maximum Gasteiger partial charge on any atom is 0.253 e. The summed E-state index contributed by atoms with van der Waals surface area (Å²) in [5.41, 5.74) is 7.78. The van der Waals surface area contributed by atoms with E-state index in [1.54, 1.807) is 18.3 Å². The van der Waals surface area contributed by atoms with Gasteiger partial charge >= 0.3 is 0 Å². The quantitative estimate of drug-likeness (QED) is 0.615. The Labute approximate surface area is 124 Å². The molecule has 1 unspecified atom stereocenters. The number of anilines is 1. The van der Waals surface area contributed by atoms with Gasteiger partial charge in [-0.05, 0) is 24.1 Å². The Bertz CT molecular complexity index is 617. The van der Waals surface area contributed by atoms with Crippen LogP contribution >= 0.6 is 0 Å². The van der Waals surface area contributed by atoms with Crippen molar-refractivity contribution in [1.29, 1.82) is 0 Å². The second-order valence-corrected chi connectivity index (χ2v) is 5.36. The minimum Gasteiger partial charge on any atom is -0.399 e. The molecule has 5 nitrogen and oxygen atoms in total. The van der Waals surface area contributed by atoms with Crippen molar-refractivity contribution in [3.8, 4) is 0 Å². The smallest absolute Gasteiger partial charge is 0.253 e. The Balaban J connectivity index is 2.06. The molecule has 21 heavy (non-hydrogen) atoms. The van der Waals surface area contributed by atoms with Crippen molar-refractivity contribution in [3.05, 3.63) is 30.0 Å². The molecular weight excluding hydrogens is 266 g/mol. The van der Waals surface area contributed by atoms with Crippen LogP contribution in [0.15, 0.2) is 24.4 Å². The molecular formula is C16H23N3O2. The molecule has 0 radical (unpaired) electrons. The molecule has 0 spiro atoms. The number of rotatable bonds is 6. The predicted molar refractivity (Wildman–Crippen MR) is 85.1 cm³/mol. The normalized spacial score (nSPS) is 12.8. The molecule has 5 N–H and O–H groups in total. The monoisotopic (exact) mass is 289 g/mol. The van der Waals surface area contributed by atoms with Crippen LogP contribution in [0.1, 0.15) is 37.0 Å². The number of carbonyl (C=O) groups excluding carboxylic acids is 1. The van der Waals surface area contributed by atoms with Crippen LogP contribution in [-0.4, -0.2) is 28.6 Å². The number of nitrogen functional groups attached to an aromatic ring is 1. The highest BCUT2D eigenvalue weighted by molar-refractivity contribution is 6.07. The zero-order chi connectivity index (χ0) is 15.4. The van der Waals surface area contributed by atoms with Gasteiger partial charge in [0.1, 0.15) is 0 Å². The molecule has 1 atom stereocenters. The van der Waals surface area contributed by atoms with Crippen LogP contribution in [0.25, 0.3) is 10.9 Å². The highest BCUT2D eigenvalue weighted by atomic mass is 16.3. The summed E-state index contributed by atoms with van der Waals surface area (Å²) >= 11 is 0. The molecule has 0 fully saturated rings. The third kappa shape index (κ3) is 3.36. The molecule has 114 valence electrons. The molecule has 1 heterocycles. The number of carbonyl (C=O) groups is 1. The van der Waals surface area contributed by atoms with Crippen molar-refractivity contribution in [2.45, 2.75) is 32.8 Å². The topological polar surface area (TPSA) is 91.1 Å². The van der Waals surface area contributed by atoms with E-state index in [0.717, 1.165) is 23.7 Å². The molecule has 0 aliphatic carbocycles. The van der Waals surface area contributed by atoms with E-state index in [1.807, 2.05) is 19.9 Å². The van der Waals surface area contributed by atoms with E-state index < -0.39 is 6.10 Å². The number of H-pyrrole nitrogens is 1. The van der Waals surface area contributed by atoms with E-state index in [1.165, 1.54) is 0 Å². The van der Waals surface area contributed by atoms with Crippen LogP contribution in [0.4, 0.5) is 5.69 Å². The van der Waals surface area contributed by atoms with Gasteiger partial charge in [-0.25, -0.2) is 0 Å². The molecule has 5 heteroatoms. The first-order chi connectivity index (χ1) is 10.1. The summed E-state index contributed by atoms with van der Waals surface area (Å²) in [4.78, 5) is 15.3. The number of hydrogen-bond donors (Lipinski definition) is 4. The molecule has 0 aliphatic rings. The third-order valence-corrected chi connectivity index (χ3v) is 4.02. The first-order valence-corrected chi connectivity index (χ1v) is 7.39. The van der Waals surface area contributed by atoms with Crippen molar-refractivity contribution in [2.24, 2.45) is 5.92 Å². The van der Waals surface area contributed by atoms with Gasteiger partial charge in [0.25, 0.3) is 5.91 Å². The molecule has 0 aliphatic heterocycles. The van der Waals surface area contributed by atoms with E-state index >= 15 is 0 Å². The van der Waals surface area contributed by atoms with E-state index in [4.69, 9.17) is 5.73 Å². The molecule has 0 saturated carbocycles. The summed E-state index contributed by atoms with van der Waals surface area (Å²) in [6.45, 7) is 4.36. The lowest BCUT2D eigenvalue weighted by molar-refractivity contribution is 0.0818. The Morgan fingerprint density at radius 2 is 2.10 bits per heavy atom. The lowest BCUT2D eigenvalue weighted by Crippen LogP contribution is -2.36. The van der Waals surface area contributed by atoms with Crippen LogP contribution in [0.3, 0.4) is 0 Å². The van der Waals surface area contributed by atoms with Gasteiger partial charge < -0.3 is 21.1 Å². The van der Waals surface area contributed by atoms with E-state index in [0.29, 0.717) is 11.3 Å². The van der Waals surface area contributed by atoms with Crippen LogP contribution in [0.2, 0.25) is 0 Å². The third-order valence-electron chi connectivity index (χ3n) is 4.02. The van der Waals surface area contributed by atoms with Crippen molar-refractivity contribution >= 4 is 22.5 Å². The van der Waals surface area contributed by atoms with E-state index in [9.17, 15) is 9.90 Å². The summed E-state index contributed by atoms with van der Waals surface area (Å²) in [7, 11) is 0. The second-order valence-electron chi connectivity index (χ2n) is 5.36. The van der Waals surface area contributed by atoms with Crippen molar-refractivity contribution in [3.63, 3.8) is 0 Å². The number of amides is 1. The van der Waals surface area contributed by atoms with Crippen molar-refractivity contribution < 1.29 is 9.90 Å². The zero-order valence-corrected chi connectivity index (χ0v) is 12.5. The average Bonchev–Trinajstić information content (AvgIpc) is 2.89. The van der Waals surface area contributed by atoms with Crippen LogP contribution in [-0.2, 0) is 0 Å². The Morgan fingerprint density at radius 3 is 2.76 bits per heavy atom. The fourth-order valence-electron chi connectivity index (χ4n) is 2.62. The number of benzene rings is 1. The van der Waals surface area contributed by atoms with Gasteiger partial charge in [-0.3, -0.25) is 4.79 Å². The highest BCUT2D eigenvalue weighted by Crippen LogP contribution is 2.20. The molecule has 1 aromatic carbocycles. The van der Waals surface area contributed by atoms with Gasteiger partial charge in [-0.1, -0.05) is 26.7 Å². The number of fused-ring (bicyclic) bond motifs is 1. The fraction of sp³-hybridized carbons (Fsp3) is 0.438. The zero-order valence-electron chi connectivity index (χ0n) is 12.5. The molecule has 0 bridgehead atoms. The van der Waals surface area contributed by atoms with Crippen molar-refractivity contribution in [2.75, 3.05) is 12.3 Å². The number of aromatic amines is 1. The standard InChI is InChI=1S/C16H23N3O2/c1-3-10(4-2)15(20)9-19-16(21)13-8-18-14-7-11(17)5-6-12(13)14/h5-8,10,15,18,20H,3-4,9,17H2,1-2H3,(H,19,21). The van der Waals surface area contributed by atoms with E-state index in [-0.39, 0.29) is 18.4 Å². The van der Waals surface area contributed by atoms with Gasteiger partial charge in [0, 0.05) is 29.3 Å². The molecule has 1 aromatic heterocycles. The summed E-state index contributed by atoms with van der Waals surface area (Å²) in [6.07, 6.45) is 2.97. The van der Waals surface area contributed by atoms with Crippen LogP contribution in [0.5, 0.6) is 0 Å². The van der Waals surface area contributed by atoms with Gasteiger partial charge in [-0.15, -0.1) is 0 Å². The van der Waals surface area contributed by atoms with Gasteiger partial charge in [0.2, 0.25) is 0 Å². The lowest BCUT2D eigenvalue weighted by Gasteiger charge is -2.20. The molecule has 0 saturated heterocycles. The number of aliphatic hydroxyl groups is 1. The fourth-order valence-corrected chi connectivity index (χ4v) is 2.62. The molecule has 1 amide bonds. The van der Waals surface area contributed by atoms with Crippen molar-refractivity contribution in [1.82, 2.24) is 10.3 Å². The minimum atomic E-state index is -0.509. The summed E-state index contributed by atoms with van der Waals surface area (Å²) < 4.78 is 0. The molecule has 2 aromatic rings. The molecule has 2 rings (SSSR count). The minimum absolute atomic E-state index is 0.184. The lowest BCUT2D eigenvalue weighted by atomic mass is 9.96. The summed E-state index contributed by atoms with van der Waals surface area (Å²) in [5.74, 6) is 0.0316. The predicted octanol–water partition coefficient (Wildman–Crippen LogP) is 2.28. The Kier molecular flexibility index (Phi) is 4.85. The average molecular weight is 289 g/mol. The highest BCUT2D eigenvalue weighted by Gasteiger charge is 2.18. The largest absolute Gasteiger partial charge is 0.399 e. The Morgan fingerprint density at radius 1 is 1.38 bits per heavy atom. The maximum atomic E-state index is 12.2. The number of aromatic nitrogens is 1. The van der Waals surface area contributed by atoms with Gasteiger partial charge in [0.15, 0.2) is 0 Å². The summed E-state index contributed by atoms with van der Waals surface area (Å²) in [5, 5.41) is 13.7. The number of nitrogens with two attached hydrogens (primary N) is 1. The van der Waals surface area contributed by atoms with Gasteiger partial charge in [0.05, 0.1) is 11.7 Å². The number of hydrogen-bond acceptors (Lipinski definition) is 3. The second kappa shape index (κ2) is 6.63. The van der Waals surface area contributed by atoms with Crippen LogP contribution < -0.4 is 11.1 Å².